The van der Waals surface area contributed by atoms with E-state index in [-0.39, 0.29) is 29.1 Å². The molecule has 0 bridgehead atoms. The molecule has 0 aromatic heterocycles. The van der Waals surface area contributed by atoms with Crippen LogP contribution < -0.4 is 10.5 Å². The predicted octanol–water partition coefficient (Wildman–Crippen LogP) is 1.53. The second kappa shape index (κ2) is 6.52. The second-order valence-electron chi connectivity index (χ2n) is 6.80. The van der Waals surface area contributed by atoms with Crippen LogP contribution in [0.25, 0.3) is 0 Å². The lowest BCUT2D eigenvalue weighted by atomic mass is 10.1. The monoisotopic (exact) mass is 354 g/mol. The Morgan fingerprint density at radius 3 is 2.33 bits per heavy atom. The lowest BCUT2D eigenvalue weighted by Crippen LogP contribution is -2.36. The van der Waals surface area contributed by atoms with Crippen molar-refractivity contribution in [3.8, 4) is 0 Å². The average molecular weight is 354 g/mol. The Balaban J connectivity index is 2.05. The van der Waals surface area contributed by atoms with Crippen LogP contribution in [0.15, 0.2) is 29.2 Å². The van der Waals surface area contributed by atoms with Crippen molar-refractivity contribution in [3.63, 3.8) is 0 Å². The third-order valence-electron chi connectivity index (χ3n) is 3.64. The van der Waals surface area contributed by atoms with Gasteiger partial charge in [0.15, 0.2) is 0 Å². The third-order valence-corrected chi connectivity index (χ3v) is 4.97. The lowest BCUT2D eigenvalue weighted by molar-refractivity contribution is -0.119. The number of ketones is 1. The van der Waals surface area contributed by atoms with Crippen molar-refractivity contribution in [2.75, 3.05) is 6.54 Å². The molecule has 8 heteroatoms. The van der Waals surface area contributed by atoms with E-state index in [0.29, 0.717) is 0 Å². The van der Waals surface area contributed by atoms with Crippen molar-refractivity contribution >= 4 is 21.9 Å². The summed E-state index contributed by atoms with van der Waals surface area (Å²) >= 11 is 0. The normalized spacial score (nSPS) is 20.3. The highest BCUT2D eigenvalue weighted by molar-refractivity contribution is 7.90. The van der Waals surface area contributed by atoms with Crippen LogP contribution in [0.2, 0.25) is 0 Å². The van der Waals surface area contributed by atoms with Crippen molar-refractivity contribution in [2.45, 2.75) is 43.6 Å². The van der Waals surface area contributed by atoms with Gasteiger partial charge in [0.05, 0.1) is 11.4 Å². The number of nitrogens with two attached hydrogens (primary N) is 1. The zero-order chi connectivity index (χ0) is 18.1. The summed E-state index contributed by atoms with van der Waals surface area (Å²) in [5.74, 6) is 0.0391. The Hall–Kier alpha value is -1.93. The highest BCUT2D eigenvalue weighted by Gasteiger charge is 2.42. The molecular weight excluding hydrogens is 332 g/mol. The van der Waals surface area contributed by atoms with E-state index in [2.05, 4.69) is 0 Å². The topological polar surface area (TPSA) is 116 Å². The first kappa shape index (κ1) is 18.4. The van der Waals surface area contributed by atoms with Crippen molar-refractivity contribution in [3.05, 3.63) is 29.8 Å². The first-order valence-corrected chi connectivity index (χ1v) is 9.10. The number of benzene rings is 1. The molecule has 1 aliphatic rings. The molecule has 24 heavy (non-hydrogen) atoms. The van der Waals surface area contributed by atoms with E-state index in [4.69, 9.17) is 10.5 Å². The van der Waals surface area contributed by atoms with Gasteiger partial charge >= 0.3 is 6.09 Å². The third kappa shape index (κ3) is 4.55. The van der Waals surface area contributed by atoms with Crippen molar-refractivity contribution in [1.29, 1.82) is 0 Å². The van der Waals surface area contributed by atoms with Crippen LogP contribution in [0.4, 0.5) is 4.79 Å². The molecule has 0 aliphatic heterocycles. The first-order chi connectivity index (χ1) is 11.0. The van der Waals surface area contributed by atoms with Crippen LogP contribution in [0.1, 0.15) is 38.7 Å². The largest absolute Gasteiger partial charge is 0.443 e. The molecule has 132 valence electrons. The number of hydrogen-bond acceptors (Lipinski definition) is 6. The number of nitrogens with one attached hydrogen (secondary N) is 1. The molecule has 3 N–H and O–H groups in total. The van der Waals surface area contributed by atoms with E-state index in [9.17, 15) is 18.0 Å². The summed E-state index contributed by atoms with van der Waals surface area (Å²) in [5.41, 5.74) is 5.44. The molecular formula is C16H22N2O5S. The SMILES string of the molecule is CC(C)(C)OC(=O)NS(=O)(=O)c1ccc([C@@H]2C[C@H]2C(=O)CN)cc1. The van der Waals surface area contributed by atoms with Gasteiger partial charge in [0, 0.05) is 5.92 Å². The first-order valence-electron chi connectivity index (χ1n) is 7.62. The van der Waals surface area contributed by atoms with Gasteiger partial charge in [0.25, 0.3) is 10.0 Å². The molecule has 0 heterocycles. The van der Waals surface area contributed by atoms with Gasteiger partial charge in [-0.3, -0.25) is 4.79 Å². The van der Waals surface area contributed by atoms with Gasteiger partial charge in [-0.1, -0.05) is 12.1 Å². The van der Waals surface area contributed by atoms with Crippen molar-refractivity contribution < 1.29 is 22.7 Å². The van der Waals surface area contributed by atoms with Gasteiger partial charge in [0.1, 0.15) is 11.4 Å². The molecule has 0 spiro atoms. The van der Waals surface area contributed by atoms with Crippen LogP contribution in [-0.2, 0) is 19.6 Å². The zero-order valence-electron chi connectivity index (χ0n) is 13.9. The molecule has 1 fully saturated rings. The fourth-order valence-electron chi connectivity index (χ4n) is 2.43. The smallest absolute Gasteiger partial charge is 0.421 e. The Morgan fingerprint density at radius 2 is 1.83 bits per heavy atom. The van der Waals surface area contributed by atoms with E-state index in [1.54, 1.807) is 32.9 Å². The maximum Gasteiger partial charge on any atom is 0.421 e. The molecule has 2 rings (SSSR count). The van der Waals surface area contributed by atoms with Crippen LogP contribution in [0.5, 0.6) is 0 Å². The minimum Gasteiger partial charge on any atom is -0.443 e. The highest BCUT2D eigenvalue weighted by Crippen LogP contribution is 2.47. The molecule has 1 aromatic carbocycles. The van der Waals surface area contributed by atoms with Gasteiger partial charge < -0.3 is 10.5 Å². The van der Waals surface area contributed by atoms with E-state index in [1.807, 2.05) is 4.72 Å². The Labute approximate surface area is 141 Å². The predicted molar refractivity (Wildman–Crippen MR) is 87.9 cm³/mol. The molecule has 1 aromatic rings. The second-order valence-corrected chi connectivity index (χ2v) is 8.48. The number of hydrogen-bond donors (Lipinski definition) is 2. The molecule has 1 aliphatic carbocycles. The van der Waals surface area contributed by atoms with Crippen LogP contribution >= 0.6 is 0 Å². The van der Waals surface area contributed by atoms with Gasteiger partial charge in [-0.25, -0.2) is 17.9 Å². The Bertz CT molecular complexity index is 735. The van der Waals surface area contributed by atoms with E-state index >= 15 is 0 Å². The number of amides is 1. The van der Waals surface area contributed by atoms with Crippen LogP contribution in [-0.4, -0.2) is 32.4 Å². The molecule has 0 radical (unpaired) electrons. The summed E-state index contributed by atoms with van der Waals surface area (Å²) in [6.45, 7) is 4.95. The summed E-state index contributed by atoms with van der Waals surface area (Å²) in [7, 11) is -4.00. The van der Waals surface area contributed by atoms with E-state index in [1.165, 1.54) is 12.1 Å². The number of sulfonamides is 1. The summed E-state index contributed by atoms with van der Waals surface area (Å²) in [6, 6.07) is 6.12. The number of carbonyl (C=O) groups excluding carboxylic acids is 2. The van der Waals surface area contributed by atoms with Gasteiger partial charge in [0.2, 0.25) is 0 Å². The zero-order valence-corrected chi connectivity index (χ0v) is 14.7. The maximum atomic E-state index is 12.2. The lowest BCUT2D eigenvalue weighted by Gasteiger charge is -2.19. The van der Waals surface area contributed by atoms with Crippen molar-refractivity contribution in [2.24, 2.45) is 11.7 Å². The van der Waals surface area contributed by atoms with Crippen molar-refractivity contribution in [1.82, 2.24) is 4.72 Å². The summed E-state index contributed by atoms with van der Waals surface area (Å²) in [6.07, 6.45) is -0.291. The van der Waals surface area contributed by atoms with E-state index < -0.39 is 21.7 Å². The quantitative estimate of drug-likeness (QED) is 0.828. The number of ether oxygens (including phenoxy) is 1. The standard InChI is InChI=1S/C16H22N2O5S/c1-16(2,3)23-15(20)18-24(21,22)11-6-4-10(5-7-11)12-8-13(12)14(19)9-17/h4-7,12-13H,8-9,17H2,1-3H3,(H,18,20)/t12-,13+/m0/s1. The van der Waals surface area contributed by atoms with Gasteiger partial charge in [-0.2, -0.15) is 0 Å². The molecule has 7 nitrogen and oxygen atoms in total. The molecule has 1 saturated carbocycles. The highest BCUT2D eigenvalue weighted by atomic mass is 32.2. The molecule has 2 atom stereocenters. The molecule has 0 unspecified atom stereocenters. The maximum absolute atomic E-state index is 12.2. The number of carbonyl (C=O) groups is 2. The fraction of sp³-hybridized carbons (Fsp3) is 0.500. The molecule has 1 amide bonds. The summed E-state index contributed by atoms with van der Waals surface area (Å²) < 4.78 is 31.1. The summed E-state index contributed by atoms with van der Waals surface area (Å²) in [5, 5.41) is 0. The number of rotatable bonds is 5. The van der Waals surface area contributed by atoms with E-state index in [0.717, 1.165) is 12.0 Å². The van der Waals surface area contributed by atoms with Gasteiger partial charge in [-0.15, -0.1) is 0 Å². The average Bonchev–Trinajstić information content (AvgIpc) is 3.24. The Morgan fingerprint density at radius 1 is 1.25 bits per heavy atom. The summed E-state index contributed by atoms with van der Waals surface area (Å²) in [4.78, 5) is 23.1. The van der Waals surface area contributed by atoms with Crippen LogP contribution in [0, 0.1) is 5.92 Å². The van der Waals surface area contributed by atoms with Crippen LogP contribution in [0.3, 0.4) is 0 Å². The Kier molecular flexibility index (Phi) is 5.00. The molecule has 0 saturated heterocycles. The fourth-order valence-corrected chi connectivity index (χ4v) is 3.31. The number of Topliss-reactive ketones (excluding diaryl/α,β-unsaturated/α-hetero) is 1. The van der Waals surface area contributed by atoms with Gasteiger partial charge in [-0.05, 0) is 50.8 Å². The minimum absolute atomic E-state index is 0.0169. The minimum atomic E-state index is -4.00.